The Bertz CT molecular complexity index is 196. The summed E-state index contributed by atoms with van der Waals surface area (Å²) in [5, 5.41) is 6.26. The van der Waals surface area contributed by atoms with Crippen molar-refractivity contribution in [3.63, 3.8) is 0 Å². The number of ether oxygens (including phenoxy) is 1. The van der Waals surface area contributed by atoms with Gasteiger partial charge in [-0.2, -0.15) is 0 Å². The molecule has 0 spiro atoms. The molecular weight excluding hydrogens is 180 g/mol. The molecule has 0 aromatic heterocycles. The Kier molecular flexibility index (Phi) is 3.37. The molecule has 2 fully saturated rings. The SMILES string of the molecule is O=C(NC1CCOC1)[C@H]1CCCCN1. The molecule has 0 aromatic carbocycles. The maximum Gasteiger partial charge on any atom is 0.237 e. The molecule has 1 unspecified atom stereocenters. The second kappa shape index (κ2) is 4.75. The average Bonchev–Trinajstić information content (AvgIpc) is 2.72. The van der Waals surface area contributed by atoms with Crippen LogP contribution in [0, 0.1) is 0 Å². The molecule has 2 saturated heterocycles. The second-order valence-corrected chi connectivity index (χ2v) is 4.07. The van der Waals surface area contributed by atoms with E-state index >= 15 is 0 Å². The molecule has 2 aliphatic rings. The van der Waals surface area contributed by atoms with Crippen molar-refractivity contribution in [1.82, 2.24) is 10.6 Å². The summed E-state index contributed by atoms with van der Waals surface area (Å²) in [7, 11) is 0. The van der Waals surface area contributed by atoms with Crippen LogP contribution in [0.2, 0.25) is 0 Å². The Balaban J connectivity index is 1.75. The summed E-state index contributed by atoms with van der Waals surface area (Å²) in [5.41, 5.74) is 0. The average molecular weight is 198 g/mol. The number of rotatable bonds is 2. The van der Waals surface area contributed by atoms with E-state index in [1.165, 1.54) is 6.42 Å². The molecular formula is C10H18N2O2. The standard InChI is InChI=1S/C10H18N2O2/c13-10(9-3-1-2-5-11-9)12-8-4-6-14-7-8/h8-9,11H,1-7H2,(H,12,13)/t8?,9-/m1/s1. The van der Waals surface area contributed by atoms with E-state index in [4.69, 9.17) is 4.74 Å². The van der Waals surface area contributed by atoms with E-state index in [0.29, 0.717) is 6.61 Å². The van der Waals surface area contributed by atoms with Crippen molar-refractivity contribution in [1.29, 1.82) is 0 Å². The summed E-state index contributed by atoms with van der Waals surface area (Å²) in [6, 6.07) is 0.274. The smallest absolute Gasteiger partial charge is 0.237 e. The maximum absolute atomic E-state index is 11.7. The summed E-state index contributed by atoms with van der Waals surface area (Å²) in [5.74, 6) is 0.153. The first kappa shape index (κ1) is 9.93. The molecule has 80 valence electrons. The number of piperidine rings is 1. The molecule has 2 N–H and O–H groups in total. The van der Waals surface area contributed by atoms with Gasteiger partial charge in [0, 0.05) is 6.61 Å². The Labute approximate surface area is 84.4 Å². The van der Waals surface area contributed by atoms with E-state index in [0.717, 1.165) is 32.4 Å². The van der Waals surface area contributed by atoms with Gasteiger partial charge in [-0.25, -0.2) is 0 Å². The molecule has 2 aliphatic heterocycles. The van der Waals surface area contributed by atoms with Crippen molar-refractivity contribution >= 4 is 5.91 Å². The highest BCUT2D eigenvalue weighted by atomic mass is 16.5. The topological polar surface area (TPSA) is 50.4 Å². The minimum atomic E-state index is 0.0318. The molecule has 0 aliphatic carbocycles. The number of carbonyl (C=O) groups excluding carboxylic acids is 1. The van der Waals surface area contributed by atoms with Crippen molar-refractivity contribution in [3.8, 4) is 0 Å². The quantitative estimate of drug-likeness (QED) is 0.658. The van der Waals surface area contributed by atoms with Gasteiger partial charge in [-0.1, -0.05) is 6.42 Å². The number of carbonyl (C=O) groups is 1. The summed E-state index contributed by atoms with van der Waals surface area (Å²) in [4.78, 5) is 11.7. The van der Waals surface area contributed by atoms with Crippen LogP contribution < -0.4 is 10.6 Å². The lowest BCUT2D eigenvalue weighted by molar-refractivity contribution is -0.124. The lowest BCUT2D eigenvalue weighted by atomic mass is 10.0. The van der Waals surface area contributed by atoms with E-state index < -0.39 is 0 Å². The predicted octanol–water partition coefficient (Wildman–Crippen LogP) is 0.0336. The van der Waals surface area contributed by atoms with Gasteiger partial charge in [-0.05, 0) is 25.8 Å². The minimum Gasteiger partial charge on any atom is -0.379 e. The van der Waals surface area contributed by atoms with Crippen LogP contribution in [0.5, 0.6) is 0 Å². The highest BCUT2D eigenvalue weighted by Gasteiger charge is 2.24. The van der Waals surface area contributed by atoms with Gasteiger partial charge in [0.2, 0.25) is 5.91 Å². The van der Waals surface area contributed by atoms with Crippen molar-refractivity contribution in [2.75, 3.05) is 19.8 Å². The van der Waals surface area contributed by atoms with E-state index in [1.54, 1.807) is 0 Å². The Morgan fingerprint density at radius 2 is 2.29 bits per heavy atom. The lowest BCUT2D eigenvalue weighted by Gasteiger charge is -2.23. The van der Waals surface area contributed by atoms with Crippen molar-refractivity contribution in [3.05, 3.63) is 0 Å². The van der Waals surface area contributed by atoms with Crippen LogP contribution in [0.4, 0.5) is 0 Å². The van der Waals surface area contributed by atoms with E-state index in [9.17, 15) is 4.79 Å². The first-order chi connectivity index (χ1) is 6.86. The monoisotopic (exact) mass is 198 g/mol. The predicted molar refractivity (Wildman–Crippen MR) is 53.0 cm³/mol. The highest BCUT2D eigenvalue weighted by Crippen LogP contribution is 2.09. The Morgan fingerprint density at radius 3 is 2.93 bits per heavy atom. The van der Waals surface area contributed by atoms with Gasteiger partial charge in [-0.3, -0.25) is 4.79 Å². The van der Waals surface area contributed by atoms with Crippen LogP contribution in [0.25, 0.3) is 0 Å². The molecule has 0 bridgehead atoms. The van der Waals surface area contributed by atoms with Crippen LogP contribution in [0.15, 0.2) is 0 Å². The molecule has 2 atom stereocenters. The number of hydrogen-bond donors (Lipinski definition) is 2. The van der Waals surface area contributed by atoms with E-state index in [1.807, 2.05) is 0 Å². The van der Waals surface area contributed by atoms with Gasteiger partial charge in [0.1, 0.15) is 0 Å². The maximum atomic E-state index is 11.7. The third-order valence-corrected chi connectivity index (χ3v) is 2.90. The van der Waals surface area contributed by atoms with Gasteiger partial charge in [0.25, 0.3) is 0 Å². The molecule has 0 saturated carbocycles. The zero-order valence-electron chi connectivity index (χ0n) is 8.42. The van der Waals surface area contributed by atoms with Gasteiger partial charge in [-0.15, -0.1) is 0 Å². The Morgan fingerprint density at radius 1 is 1.36 bits per heavy atom. The highest BCUT2D eigenvalue weighted by molar-refractivity contribution is 5.82. The van der Waals surface area contributed by atoms with Crippen LogP contribution in [0.1, 0.15) is 25.7 Å². The van der Waals surface area contributed by atoms with Gasteiger partial charge in [0.05, 0.1) is 18.7 Å². The molecule has 4 heteroatoms. The molecule has 1 amide bonds. The van der Waals surface area contributed by atoms with Gasteiger partial charge >= 0.3 is 0 Å². The van der Waals surface area contributed by atoms with Crippen molar-refractivity contribution in [2.45, 2.75) is 37.8 Å². The summed E-state index contributed by atoms with van der Waals surface area (Å²) in [6.45, 7) is 2.43. The minimum absolute atomic E-state index is 0.0318. The van der Waals surface area contributed by atoms with Crippen LogP contribution in [0.3, 0.4) is 0 Å². The third kappa shape index (κ3) is 2.45. The summed E-state index contributed by atoms with van der Waals surface area (Å²) in [6.07, 6.45) is 4.28. The fraction of sp³-hybridized carbons (Fsp3) is 0.900. The zero-order chi connectivity index (χ0) is 9.80. The first-order valence-electron chi connectivity index (χ1n) is 5.48. The second-order valence-electron chi connectivity index (χ2n) is 4.07. The molecule has 2 rings (SSSR count). The summed E-state index contributed by atoms with van der Waals surface area (Å²) >= 11 is 0. The first-order valence-corrected chi connectivity index (χ1v) is 5.48. The van der Waals surface area contributed by atoms with Crippen LogP contribution in [-0.4, -0.2) is 37.7 Å². The molecule has 0 radical (unpaired) electrons. The number of nitrogens with one attached hydrogen (secondary N) is 2. The van der Waals surface area contributed by atoms with E-state index in [-0.39, 0.29) is 18.0 Å². The van der Waals surface area contributed by atoms with Crippen LogP contribution >= 0.6 is 0 Å². The van der Waals surface area contributed by atoms with Gasteiger partial charge < -0.3 is 15.4 Å². The lowest BCUT2D eigenvalue weighted by Crippen LogP contribution is -2.49. The van der Waals surface area contributed by atoms with E-state index in [2.05, 4.69) is 10.6 Å². The number of amides is 1. The van der Waals surface area contributed by atoms with Crippen molar-refractivity contribution in [2.24, 2.45) is 0 Å². The van der Waals surface area contributed by atoms with Crippen molar-refractivity contribution < 1.29 is 9.53 Å². The fourth-order valence-corrected chi connectivity index (χ4v) is 2.03. The largest absolute Gasteiger partial charge is 0.379 e. The van der Waals surface area contributed by atoms with Crippen LogP contribution in [-0.2, 0) is 9.53 Å². The normalized spacial score (nSPS) is 32.9. The summed E-state index contributed by atoms with van der Waals surface area (Å²) < 4.78 is 5.21. The molecule has 0 aromatic rings. The zero-order valence-corrected chi connectivity index (χ0v) is 8.42. The number of hydrogen-bond acceptors (Lipinski definition) is 3. The molecule has 2 heterocycles. The molecule has 14 heavy (non-hydrogen) atoms. The van der Waals surface area contributed by atoms with Gasteiger partial charge in [0.15, 0.2) is 0 Å². The molecule has 4 nitrogen and oxygen atoms in total. The fourth-order valence-electron chi connectivity index (χ4n) is 2.03. The Hall–Kier alpha value is -0.610. The third-order valence-electron chi connectivity index (χ3n) is 2.90.